The third-order valence-corrected chi connectivity index (χ3v) is 2.97. The minimum absolute atomic E-state index is 0.0685. The van der Waals surface area contributed by atoms with Gasteiger partial charge in [0.2, 0.25) is 0 Å². The van der Waals surface area contributed by atoms with Crippen LogP contribution in [0.15, 0.2) is 18.2 Å². The van der Waals surface area contributed by atoms with Gasteiger partial charge in [0.25, 0.3) is 0 Å². The minimum Gasteiger partial charge on any atom is -0.506 e. The highest BCUT2D eigenvalue weighted by Gasteiger charge is 2.15. The molecule has 1 fully saturated rings. The number of piperazine rings is 1. The summed E-state index contributed by atoms with van der Waals surface area (Å²) in [7, 11) is 2.10. The number of phenols is 1. The number of aromatic hydroxyl groups is 1. The number of nitrogens with zero attached hydrogens (tertiary/aromatic N) is 3. The first-order valence-electron chi connectivity index (χ1n) is 5.37. The van der Waals surface area contributed by atoms with E-state index in [4.69, 9.17) is 5.26 Å². The van der Waals surface area contributed by atoms with Crippen LogP contribution >= 0.6 is 0 Å². The van der Waals surface area contributed by atoms with Crippen molar-refractivity contribution in [2.75, 3.05) is 38.1 Å². The van der Waals surface area contributed by atoms with Gasteiger partial charge in [0, 0.05) is 37.9 Å². The van der Waals surface area contributed by atoms with Crippen LogP contribution in [0.25, 0.3) is 0 Å². The maximum Gasteiger partial charge on any atom is 0.135 e. The summed E-state index contributed by atoms with van der Waals surface area (Å²) in [5, 5.41) is 18.3. The van der Waals surface area contributed by atoms with E-state index in [1.54, 1.807) is 12.1 Å². The molecule has 1 aromatic rings. The van der Waals surface area contributed by atoms with Crippen molar-refractivity contribution in [3.63, 3.8) is 0 Å². The quantitative estimate of drug-likeness (QED) is 0.763. The predicted octanol–water partition coefficient (Wildman–Crippen LogP) is 1.02. The fraction of sp³-hybridized carbons (Fsp3) is 0.417. The van der Waals surface area contributed by atoms with E-state index in [1.165, 1.54) is 0 Å². The Balaban J connectivity index is 2.16. The molecular weight excluding hydrogens is 202 g/mol. The van der Waals surface area contributed by atoms with Crippen molar-refractivity contribution < 1.29 is 5.11 Å². The van der Waals surface area contributed by atoms with Gasteiger partial charge in [-0.25, -0.2) is 0 Å². The second-order valence-electron chi connectivity index (χ2n) is 4.10. The van der Waals surface area contributed by atoms with Gasteiger partial charge in [-0.3, -0.25) is 0 Å². The lowest BCUT2D eigenvalue weighted by Crippen LogP contribution is -2.44. The topological polar surface area (TPSA) is 50.5 Å². The second kappa shape index (κ2) is 4.42. The van der Waals surface area contributed by atoms with Crippen LogP contribution in [-0.2, 0) is 0 Å². The van der Waals surface area contributed by atoms with Crippen LogP contribution in [0.1, 0.15) is 5.56 Å². The zero-order valence-corrected chi connectivity index (χ0v) is 9.35. The highest BCUT2D eigenvalue weighted by Crippen LogP contribution is 2.24. The summed E-state index contributed by atoms with van der Waals surface area (Å²) in [6.45, 7) is 3.98. The average Bonchev–Trinajstić information content (AvgIpc) is 2.30. The molecule has 1 saturated heterocycles. The molecule has 0 saturated carbocycles. The third kappa shape index (κ3) is 2.10. The Morgan fingerprint density at radius 2 is 1.94 bits per heavy atom. The summed E-state index contributed by atoms with van der Waals surface area (Å²) in [4.78, 5) is 4.50. The summed E-state index contributed by atoms with van der Waals surface area (Å²) < 4.78 is 0. The van der Waals surface area contributed by atoms with Gasteiger partial charge in [-0.2, -0.15) is 5.26 Å². The van der Waals surface area contributed by atoms with Crippen LogP contribution in [0.5, 0.6) is 5.75 Å². The van der Waals surface area contributed by atoms with E-state index in [0.29, 0.717) is 5.56 Å². The number of rotatable bonds is 1. The zero-order valence-electron chi connectivity index (χ0n) is 9.35. The normalized spacial score (nSPS) is 17.1. The highest BCUT2D eigenvalue weighted by molar-refractivity contribution is 5.56. The van der Waals surface area contributed by atoms with E-state index in [2.05, 4.69) is 16.8 Å². The van der Waals surface area contributed by atoms with E-state index in [1.807, 2.05) is 12.1 Å². The van der Waals surface area contributed by atoms with Gasteiger partial charge in [0.15, 0.2) is 0 Å². The first-order valence-corrected chi connectivity index (χ1v) is 5.37. The molecule has 0 aliphatic carbocycles. The molecule has 1 aliphatic rings. The van der Waals surface area contributed by atoms with Crippen LogP contribution in [0, 0.1) is 11.3 Å². The Bertz CT molecular complexity index is 417. The molecule has 84 valence electrons. The number of hydrogen-bond acceptors (Lipinski definition) is 4. The Morgan fingerprint density at radius 3 is 2.50 bits per heavy atom. The maximum atomic E-state index is 9.61. The Labute approximate surface area is 95.3 Å². The fourth-order valence-corrected chi connectivity index (χ4v) is 1.88. The Kier molecular flexibility index (Phi) is 2.97. The zero-order chi connectivity index (χ0) is 11.5. The van der Waals surface area contributed by atoms with E-state index in [-0.39, 0.29) is 5.75 Å². The lowest BCUT2D eigenvalue weighted by atomic mass is 10.1. The SMILES string of the molecule is CN1CCN(c2ccc(C#N)c(O)c2)CC1. The molecule has 4 nitrogen and oxygen atoms in total. The standard InChI is InChI=1S/C12H15N3O/c1-14-4-6-15(7-5-14)11-3-2-10(9-13)12(16)8-11/h2-3,8,16H,4-7H2,1H3. The molecule has 1 aromatic carbocycles. The smallest absolute Gasteiger partial charge is 0.135 e. The van der Waals surface area contributed by atoms with Gasteiger partial charge in [-0.15, -0.1) is 0 Å². The van der Waals surface area contributed by atoms with Crippen LogP contribution in [-0.4, -0.2) is 43.2 Å². The van der Waals surface area contributed by atoms with Gasteiger partial charge < -0.3 is 14.9 Å². The summed E-state index contributed by atoms with van der Waals surface area (Å²) in [5.74, 6) is 0.0685. The monoisotopic (exact) mass is 217 g/mol. The third-order valence-electron chi connectivity index (χ3n) is 2.97. The lowest BCUT2D eigenvalue weighted by Gasteiger charge is -2.34. The molecule has 0 aromatic heterocycles. The molecular formula is C12H15N3O. The minimum atomic E-state index is 0.0685. The van der Waals surface area contributed by atoms with Crippen LogP contribution < -0.4 is 4.90 Å². The second-order valence-corrected chi connectivity index (χ2v) is 4.10. The van der Waals surface area contributed by atoms with E-state index >= 15 is 0 Å². The molecule has 16 heavy (non-hydrogen) atoms. The Hall–Kier alpha value is -1.73. The van der Waals surface area contributed by atoms with Crippen LogP contribution in [0.2, 0.25) is 0 Å². The number of nitriles is 1. The molecule has 4 heteroatoms. The fourth-order valence-electron chi connectivity index (χ4n) is 1.88. The largest absolute Gasteiger partial charge is 0.506 e. The summed E-state index contributed by atoms with van der Waals surface area (Å²) in [6, 6.07) is 7.19. The number of phenolic OH excluding ortho intramolecular Hbond substituents is 1. The molecule has 1 heterocycles. The number of likely N-dealkylation sites (N-methyl/N-ethyl adjacent to an activating group) is 1. The first kappa shape index (κ1) is 10.8. The van der Waals surface area contributed by atoms with Gasteiger partial charge in [0.1, 0.15) is 11.8 Å². The van der Waals surface area contributed by atoms with Gasteiger partial charge >= 0.3 is 0 Å². The predicted molar refractivity (Wildman–Crippen MR) is 62.5 cm³/mol. The van der Waals surface area contributed by atoms with Crippen molar-refractivity contribution in [2.45, 2.75) is 0 Å². The average molecular weight is 217 g/mol. The maximum absolute atomic E-state index is 9.61. The molecule has 0 atom stereocenters. The van der Waals surface area contributed by atoms with E-state index in [9.17, 15) is 5.11 Å². The Morgan fingerprint density at radius 1 is 1.25 bits per heavy atom. The lowest BCUT2D eigenvalue weighted by molar-refractivity contribution is 0.312. The number of benzene rings is 1. The molecule has 0 unspecified atom stereocenters. The summed E-state index contributed by atoms with van der Waals surface area (Å²) in [5.41, 5.74) is 1.32. The van der Waals surface area contributed by atoms with Crippen molar-refractivity contribution in [1.82, 2.24) is 4.90 Å². The first-order chi connectivity index (χ1) is 7.70. The number of hydrogen-bond donors (Lipinski definition) is 1. The molecule has 2 rings (SSSR count). The van der Waals surface area contributed by atoms with E-state index in [0.717, 1.165) is 31.9 Å². The number of anilines is 1. The van der Waals surface area contributed by atoms with Crippen molar-refractivity contribution in [3.05, 3.63) is 23.8 Å². The van der Waals surface area contributed by atoms with Crippen LogP contribution in [0.3, 0.4) is 0 Å². The van der Waals surface area contributed by atoms with E-state index < -0.39 is 0 Å². The van der Waals surface area contributed by atoms with Gasteiger partial charge in [-0.1, -0.05) is 0 Å². The molecule has 0 bridgehead atoms. The van der Waals surface area contributed by atoms with Crippen molar-refractivity contribution in [1.29, 1.82) is 5.26 Å². The van der Waals surface area contributed by atoms with Gasteiger partial charge in [-0.05, 0) is 19.2 Å². The molecule has 0 radical (unpaired) electrons. The summed E-state index contributed by atoms with van der Waals surface area (Å²) in [6.07, 6.45) is 0. The van der Waals surface area contributed by atoms with Crippen molar-refractivity contribution in [3.8, 4) is 11.8 Å². The van der Waals surface area contributed by atoms with Crippen molar-refractivity contribution >= 4 is 5.69 Å². The summed E-state index contributed by atoms with van der Waals surface area (Å²) >= 11 is 0. The molecule has 0 amide bonds. The van der Waals surface area contributed by atoms with Gasteiger partial charge in [0.05, 0.1) is 5.56 Å². The molecule has 1 N–H and O–H groups in total. The molecule has 0 spiro atoms. The molecule has 1 aliphatic heterocycles. The van der Waals surface area contributed by atoms with Crippen LogP contribution in [0.4, 0.5) is 5.69 Å². The van der Waals surface area contributed by atoms with Crippen molar-refractivity contribution in [2.24, 2.45) is 0 Å². The highest BCUT2D eigenvalue weighted by atomic mass is 16.3.